The molecule has 2 aromatic heterocycles. The number of halogens is 3. The van der Waals surface area contributed by atoms with E-state index < -0.39 is 18.6 Å². The van der Waals surface area contributed by atoms with Crippen molar-refractivity contribution in [3.05, 3.63) is 35.7 Å². The van der Waals surface area contributed by atoms with Gasteiger partial charge in [-0.25, -0.2) is 15.0 Å². The number of nitrogens with one attached hydrogen (secondary N) is 1. The maximum atomic E-state index is 12.2. The summed E-state index contributed by atoms with van der Waals surface area (Å²) in [6.45, 7) is -0.340. The molecule has 1 amide bonds. The molecule has 0 aliphatic carbocycles. The van der Waals surface area contributed by atoms with Gasteiger partial charge in [-0.05, 0) is 6.07 Å². The van der Waals surface area contributed by atoms with Gasteiger partial charge in [0.05, 0.1) is 12.2 Å². The lowest BCUT2D eigenvalue weighted by Crippen LogP contribution is -2.35. The van der Waals surface area contributed by atoms with E-state index in [1.807, 2.05) is 10.2 Å². The predicted octanol–water partition coefficient (Wildman–Crippen LogP) is 1.06. The molecule has 1 aliphatic rings. The average Bonchev–Trinajstić information content (AvgIpc) is 2.89. The molecule has 1 aliphatic heterocycles. The molecule has 128 valence electrons. The Morgan fingerprint density at radius 3 is 2.71 bits per heavy atom. The van der Waals surface area contributed by atoms with Crippen LogP contribution in [0.4, 0.5) is 19.1 Å². The van der Waals surface area contributed by atoms with Gasteiger partial charge in [0.1, 0.15) is 6.54 Å². The molecule has 0 radical (unpaired) electrons. The van der Waals surface area contributed by atoms with Crippen molar-refractivity contribution < 1.29 is 18.0 Å². The Bertz CT molecular complexity index is 743. The van der Waals surface area contributed by atoms with Crippen molar-refractivity contribution >= 4 is 11.9 Å². The minimum Gasteiger partial charge on any atom is -0.340 e. The van der Waals surface area contributed by atoms with Crippen LogP contribution in [0.1, 0.15) is 22.0 Å². The van der Waals surface area contributed by atoms with E-state index >= 15 is 0 Å². The van der Waals surface area contributed by atoms with Crippen LogP contribution in [0.2, 0.25) is 0 Å². The highest BCUT2D eigenvalue weighted by atomic mass is 19.4. The van der Waals surface area contributed by atoms with Crippen LogP contribution in [0, 0.1) is 0 Å². The molecule has 0 saturated carbocycles. The van der Waals surface area contributed by atoms with E-state index in [0.717, 1.165) is 5.69 Å². The summed E-state index contributed by atoms with van der Waals surface area (Å²) in [6, 6.07) is 1.71. The van der Waals surface area contributed by atoms with Crippen molar-refractivity contribution in [3.8, 4) is 0 Å². The van der Waals surface area contributed by atoms with E-state index in [1.165, 1.54) is 0 Å². The molecular formula is C14H15F3N6O. The average molecular weight is 340 g/mol. The van der Waals surface area contributed by atoms with Gasteiger partial charge in [0, 0.05) is 38.1 Å². The monoisotopic (exact) mass is 340 g/mol. The smallest absolute Gasteiger partial charge is 0.340 e. The molecule has 7 nitrogen and oxygen atoms in total. The number of fused-ring (bicyclic) bond motifs is 1. The van der Waals surface area contributed by atoms with Gasteiger partial charge in [0.2, 0.25) is 5.95 Å². The number of hydrogen-bond acceptors (Lipinski definition) is 5. The van der Waals surface area contributed by atoms with Crippen molar-refractivity contribution in [1.29, 1.82) is 0 Å². The van der Waals surface area contributed by atoms with Gasteiger partial charge in [-0.15, -0.1) is 0 Å². The first-order valence-electron chi connectivity index (χ1n) is 7.26. The van der Waals surface area contributed by atoms with Crippen LogP contribution in [0.15, 0.2) is 18.5 Å². The van der Waals surface area contributed by atoms with Crippen molar-refractivity contribution in [1.82, 2.24) is 24.8 Å². The molecule has 0 aromatic carbocycles. The molecular weight excluding hydrogens is 325 g/mol. The van der Waals surface area contributed by atoms with Gasteiger partial charge in [-0.2, -0.15) is 13.2 Å². The minimum atomic E-state index is -4.46. The standard InChI is InChI=1S/C14H15F3N6O/c1-22-10-3-6-23(13-18-4-2-5-19-13)7-9(10)21-11(22)12(24)20-8-14(15,16)17/h2,4-5H,3,6-8H2,1H3,(H,20,24). The summed E-state index contributed by atoms with van der Waals surface area (Å²) in [5.41, 5.74) is 1.48. The van der Waals surface area contributed by atoms with Crippen molar-refractivity contribution in [2.45, 2.75) is 19.1 Å². The number of nitrogens with zero attached hydrogens (tertiary/aromatic N) is 5. The highest BCUT2D eigenvalue weighted by Crippen LogP contribution is 2.22. The summed E-state index contributed by atoms with van der Waals surface area (Å²) in [5, 5.41) is 1.85. The second-order valence-electron chi connectivity index (χ2n) is 5.41. The molecule has 0 fully saturated rings. The molecule has 3 rings (SSSR count). The zero-order valence-electron chi connectivity index (χ0n) is 12.8. The quantitative estimate of drug-likeness (QED) is 0.904. The molecule has 0 bridgehead atoms. The molecule has 10 heteroatoms. The number of alkyl halides is 3. The molecule has 0 unspecified atom stereocenters. The first-order valence-corrected chi connectivity index (χ1v) is 7.26. The van der Waals surface area contributed by atoms with Crippen LogP contribution in [-0.4, -0.2) is 44.7 Å². The number of amides is 1. The van der Waals surface area contributed by atoms with Gasteiger partial charge in [-0.3, -0.25) is 4.79 Å². The third kappa shape index (κ3) is 3.31. The van der Waals surface area contributed by atoms with Crippen LogP contribution in [0.5, 0.6) is 0 Å². The highest BCUT2D eigenvalue weighted by molar-refractivity contribution is 5.91. The Morgan fingerprint density at radius 1 is 1.33 bits per heavy atom. The Morgan fingerprint density at radius 2 is 2.04 bits per heavy atom. The fourth-order valence-corrected chi connectivity index (χ4v) is 2.62. The molecule has 0 saturated heterocycles. The molecule has 2 aromatic rings. The topological polar surface area (TPSA) is 75.9 Å². The summed E-state index contributed by atoms with van der Waals surface area (Å²) in [4.78, 5) is 26.4. The molecule has 3 heterocycles. The van der Waals surface area contributed by atoms with E-state index in [-0.39, 0.29) is 5.82 Å². The van der Waals surface area contributed by atoms with E-state index in [1.54, 1.807) is 30.1 Å². The zero-order valence-corrected chi connectivity index (χ0v) is 12.8. The molecule has 24 heavy (non-hydrogen) atoms. The Labute approximate surface area is 135 Å². The van der Waals surface area contributed by atoms with Crippen molar-refractivity contribution in [2.75, 3.05) is 18.0 Å². The van der Waals surface area contributed by atoms with Crippen LogP contribution in [0.25, 0.3) is 0 Å². The van der Waals surface area contributed by atoms with E-state index in [9.17, 15) is 18.0 Å². The third-order valence-electron chi connectivity index (χ3n) is 3.74. The van der Waals surface area contributed by atoms with E-state index in [2.05, 4.69) is 15.0 Å². The fraction of sp³-hybridized carbons (Fsp3) is 0.429. The number of imidazole rings is 1. The van der Waals surface area contributed by atoms with Gasteiger partial charge < -0.3 is 14.8 Å². The second-order valence-corrected chi connectivity index (χ2v) is 5.41. The summed E-state index contributed by atoms with van der Waals surface area (Å²) in [6.07, 6.45) is -0.593. The highest BCUT2D eigenvalue weighted by Gasteiger charge is 2.30. The maximum absolute atomic E-state index is 12.2. The van der Waals surface area contributed by atoms with Crippen LogP contribution in [-0.2, 0) is 20.0 Å². The fourth-order valence-electron chi connectivity index (χ4n) is 2.62. The molecule has 0 spiro atoms. The SMILES string of the molecule is Cn1c(C(=O)NCC(F)(F)F)nc2c1CCN(c1ncccn1)C2. The van der Waals surface area contributed by atoms with Crippen molar-refractivity contribution in [2.24, 2.45) is 7.05 Å². The summed E-state index contributed by atoms with van der Waals surface area (Å²) in [5.74, 6) is -0.316. The number of carbonyl (C=O) groups is 1. The van der Waals surface area contributed by atoms with E-state index in [0.29, 0.717) is 31.2 Å². The number of anilines is 1. The van der Waals surface area contributed by atoms with Gasteiger partial charge in [0.15, 0.2) is 5.82 Å². The normalized spacial score (nSPS) is 14.4. The molecule has 1 N–H and O–H groups in total. The number of rotatable bonds is 3. The summed E-state index contributed by atoms with van der Waals surface area (Å²) >= 11 is 0. The Hall–Kier alpha value is -2.65. The first kappa shape index (κ1) is 16.2. The number of hydrogen-bond donors (Lipinski definition) is 1. The van der Waals surface area contributed by atoms with E-state index in [4.69, 9.17) is 0 Å². The Balaban J connectivity index is 1.78. The number of carbonyl (C=O) groups excluding carboxylic acids is 1. The zero-order chi connectivity index (χ0) is 17.3. The van der Waals surface area contributed by atoms with Crippen LogP contribution < -0.4 is 10.2 Å². The lowest BCUT2D eigenvalue weighted by molar-refractivity contribution is -0.123. The second kappa shape index (κ2) is 6.10. The third-order valence-corrected chi connectivity index (χ3v) is 3.74. The molecule has 0 atom stereocenters. The van der Waals surface area contributed by atoms with Gasteiger partial charge in [-0.1, -0.05) is 0 Å². The summed E-state index contributed by atoms with van der Waals surface area (Å²) in [7, 11) is 1.63. The number of aromatic nitrogens is 4. The minimum absolute atomic E-state index is 0.0277. The van der Waals surface area contributed by atoms with Crippen molar-refractivity contribution in [3.63, 3.8) is 0 Å². The van der Waals surface area contributed by atoms with Crippen LogP contribution >= 0.6 is 0 Å². The lowest BCUT2D eigenvalue weighted by Gasteiger charge is -2.26. The summed E-state index contributed by atoms with van der Waals surface area (Å²) < 4.78 is 38.3. The van der Waals surface area contributed by atoms with Gasteiger partial charge in [0.25, 0.3) is 5.91 Å². The maximum Gasteiger partial charge on any atom is 0.405 e. The largest absolute Gasteiger partial charge is 0.405 e. The Kier molecular flexibility index (Phi) is 4.12. The first-order chi connectivity index (χ1) is 11.3. The van der Waals surface area contributed by atoms with Gasteiger partial charge >= 0.3 is 6.18 Å². The van der Waals surface area contributed by atoms with Crippen LogP contribution in [0.3, 0.4) is 0 Å². The lowest BCUT2D eigenvalue weighted by atomic mass is 10.1. The predicted molar refractivity (Wildman–Crippen MR) is 78.4 cm³/mol.